The Kier molecular flexibility index (Phi) is 5.56. The monoisotopic (exact) mass is 313 g/mol. The Morgan fingerprint density at radius 1 is 1.22 bits per heavy atom. The Labute approximate surface area is 138 Å². The van der Waals surface area contributed by atoms with E-state index in [-0.39, 0.29) is 12.1 Å². The molecule has 1 aliphatic carbocycles. The summed E-state index contributed by atoms with van der Waals surface area (Å²) >= 11 is 0. The number of urea groups is 1. The zero-order valence-electron chi connectivity index (χ0n) is 13.8. The molecule has 124 valence electrons. The summed E-state index contributed by atoms with van der Waals surface area (Å²) in [4.78, 5) is 14.4. The van der Waals surface area contributed by atoms with Gasteiger partial charge in [-0.15, -0.1) is 0 Å². The highest BCUT2D eigenvalue weighted by molar-refractivity contribution is 5.74. The first kappa shape index (κ1) is 15.9. The Hall–Kier alpha value is -1.97. The minimum absolute atomic E-state index is 0.0266. The quantitative estimate of drug-likeness (QED) is 0.818. The van der Waals surface area contributed by atoms with Gasteiger partial charge in [-0.05, 0) is 50.7 Å². The number of carbonyl (C=O) groups excluding carboxylic acids is 1. The summed E-state index contributed by atoms with van der Waals surface area (Å²) in [7, 11) is 0. The number of nitrogens with zero attached hydrogens (tertiary/aromatic N) is 1. The maximum Gasteiger partial charge on any atom is 0.315 e. The van der Waals surface area contributed by atoms with Gasteiger partial charge in [0.05, 0.1) is 0 Å². The molecular weight excluding hydrogens is 286 g/mol. The third kappa shape index (κ3) is 4.75. The van der Waals surface area contributed by atoms with Crippen LogP contribution in [0.25, 0.3) is 0 Å². The number of hydrogen-bond acceptors (Lipinski definition) is 2. The molecule has 0 saturated carbocycles. The first-order chi connectivity index (χ1) is 11.3. The number of benzene rings is 1. The van der Waals surface area contributed by atoms with Gasteiger partial charge in [-0.2, -0.15) is 0 Å². The predicted molar refractivity (Wildman–Crippen MR) is 94.8 cm³/mol. The lowest BCUT2D eigenvalue weighted by Gasteiger charge is -2.19. The molecule has 1 aliphatic heterocycles. The first-order valence-corrected chi connectivity index (χ1v) is 8.83. The van der Waals surface area contributed by atoms with Gasteiger partial charge in [-0.1, -0.05) is 29.8 Å². The molecule has 1 aromatic carbocycles. The summed E-state index contributed by atoms with van der Waals surface area (Å²) in [6.45, 7) is 2.64. The zero-order valence-corrected chi connectivity index (χ0v) is 13.8. The number of nitrogens with one attached hydrogen (secondary N) is 2. The van der Waals surface area contributed by atoms with Gasteiger partial charge in [0.25, 0.3) is 0 Å². The largest absolute Gasteiger partial charge is 0.369 e. The maximum absolute atomic E-state index is 12.0. The second-order valence-electron chi connectivity index (χ2n) is 6.53. The van der Waals surface area contributed by atoms with Crippen molar-refractivity contribution in [2.45, 2.75) is 44.6 Å². The van der Waals surface area contributed by atoms with Crippen LogP contribution >= 0.6 is 0 Å². The van der Waals surface area contributed by atoms with Gasteiger partial charge in [0.15, 0.2) is 0 Å². The molecule has 4 nitrogen and oxygen atoms in total. The van der Waals surface area contributed by atoms with Crippen molar-refractivity contribution in [3.05, 3.63) is 42.0 Å². The molecule has 2 aliphatic rings. The third-order valence-electron chi connectivity index (χ3n) is 4.76. The minimum atomic E-state index is -0.0266. The molecule has 1 saturated heterocycles. The van der Waals surface area contributed by atoms with Crippen LogP contribution in [0.4, 0.5) is 10.5 Å². The topological polar surface area (TPSA) is 44.4 Å². The van der Waals surface area contributed by atoms with E-state index in [0.29, 0.717) is 0 Å². The predicted octanol–water partition coefficient (Wildman–Crippen LogP) is 3.46. The minimum Gasteiger partial charge on any atom is -0.369 e. The fourth-order valence-electron chi connectivity index (χ4n) is 3.46. The van der Waals surface area contributed by atoms with E-state index in [1.807, 2.05) is 6.07 Å². The molecule has 4 heteroatoms. The molecule has 2 amide bonds. The molecule has 1 unspecified atom stereocenters. The highest BCUT2D eigenvalue weighted by atomic mass is 16.2. The van der Waals surface area contributed by atoms with E-state index < -0.39 is 0 Å². The fraction of sp³-hybridized carbons (Fsp3) is 0.526. The Morgan fingerprint density at radius 3 is 2.87 bits per heavy atom. The molecule has 2 N–H and O–H groups in total. The molecule has 1 heterocycles. The van der Waals surface area contributed by atoms with Crippen molar-refractivity contribution in [2.75, 3.05) is 24.5 Å². The number of rotatable bonds is 5. The molecule has 1 atom stereocenters. The summed E-state index contributed by atoms with van der Waals surface area (Å²) in [5, 5.41) is 6.11. The van der Waals surface area contributed by atoms with E-state index in [2.05, 4.69) is 45.9 Å². The summed E-state index contributed by atoms with van der Waals surface area (Å²) in [5.74, 6) is 0. The number of amides is 2. The van der Waals surface area contributed by atoms with Crippen LogP contribution in [-0.2, 0) is 0 Å². The summed E-state index contributed by atoms with van der Waals surface area (Å²) in [5.41, 5.74) is 2.74. The van der Waals surface area contributed by atoms with Crippen molar-refractivity contribution in [1.29, 1.82) is 0 Å². The SMILES string of the molecule is O=C(NCCC1=CCCCC1)NC1CCN(c2ccccc2)C1. The molecule has 0 spiro atoms. The lowest BCUT2D eigenvalue weighted by atomic mass is 9.97. The number of para-hydroxylation sites is 1. The van der Waals surface area contributed by atoms with Crippen molar-refractivity contribution >= 4 is 11.7 Å². The normalized spacial score (nSPS) is 21.0. The van der Waals surface area contributed by atoms with E-state index >= 15 is 0 Å². The van der Waals surface area contributed by atoms with Crippen LogP contribution in [0.1, 0.15) is 38.5 Å². The van der Waals surface area contributed by atoms with Crippen LogP contribution in [0.15, 0.2) is 42.0 Å². The lowest BCUT2D eigenvalue weighted by molar-refractivity contribution is 0.238. The summed E-state index contributed by atoms with van der Waals surface area (Å²) < 4.78 is 0. The summed E-state index contributed by atoms with van der Waals surface area (Å²) in [6.07, 6.45) is 9.38. The Bertz CT molecular complexity index is 541. The molecule has 0 aromatic heterocycles. The second-order valence-corrected chi connectivity index (χ2v) is 6.53. The van der Waals surface area contributed by atoms with Crippen LogP contribution in [0.5, 0.6) is 0 Å². The van der Waals surface area contributed by atoms with E-state index in [4.69, 9.17) is 0 Å². The standard InChI is InChI=1S/C19H27N3O/c23-19(20-13-11-16-7-3-1-4-8-16)21-17-12-14-22(15-17)18-9-5-2-6-10-18/h2,5-7,9-10,17H,1,3-4,8,11-15H2,(H2,20,21,23). The van der Waals surface area contributed by atoms with Crippen LogP contribution in [0.3, 0.4) is 0 Å². The van der Waals surface area contributed by atoms with Crippen molar-refractivity contribution in [3.63, 3.8) is 0 Å². The van der Waals surface area contributed by atoms with Gasteiger partial charge in [0.1, 0.15) is 0 Å². The van der Waals surface area contributed by atoms with Gasteiger partial charge in [0.2, 0.25) is 0 Å². The molecule has 3 rings (SSSR count). The molecule has 1 aromatic rings. The zero-order chi connectivity index (χ0) is 15.9. The lowest BCUT2D eigenvalue weighted by Crippen LogP contribution is -2.43. The molecular formula is C19H27N3O. The van der Waals surface area contributed by atoms with E-state index in [1.54, 1.807) is 0 Å². The van der Waals surface area contributed by atoms with Gasteiger partial charge in [0, 0.05) is 31.4 Å². The van der Waals surface area contributed by atoms with Gasteiger partial charge < -0.3 is 15.5 Å². The highest BCUT2D eigenvalue weighted by Crippen LogP contribution is 2.20. The molecule has 1 fully saturated rings. The van der Waals surface area contributed by atoms with Crippen molar-refractivity contribution in [3.8, 4) is 0 Å². The van der Waals surface area contributed by atoms with Crippen molar-refractivity contribution in [1.82, 2.24) is 10.6 Å². The number of anilines is 1. The fourth-order valence-corrected chi connectivity index (χ4v) is 3.46. The highest BCUT2D eigenvalue weighted by Gasteiger charge is 2.23. The molecule has 0 radical (unpaired) electrons. The van der Waals surface area contributed by atoms with Crippen LogP contribution < -0.4 is 15.5 Å². The number of carbonyl (C=O) groups is 1. The first-order valence-electron chi connectivity index (χ1n) is 8.83. The van der Waals surface area contributed by atoms with E-state index in [9.17, 15) is 4.79 Å². The second kappa shape index (κ2) is 8.04. The Balaban J connectivity index is 1.36. The smallest absolute Gasteiger partial charge is 0.315 e. The van der Waals surface area contributed by atoms with Crippen molar-refractivity contribution in [2.24, 2.45) is 0 Å². The van der Waals surface area contributed by atoms with Crippen LogP contribution in [-0.4, -0.2) is 31.7 Å². The van der Waals surface area contributed by atoms with Crippen molar-refractivity contribution < 1.29 is 4.79 Å². The van der Waals surface area contributed by atoms with Gasteiger partial charge >= 0.3 is 6.03 Å². The Morgan fingerprint density at radius 2 is 2.09 bits per heavy atom. The molecule has 0 bridgehead atoms. The number of hydrogen-bond donors (Lipinski definition) is 2. The van der Waals surface area contributed by atoms with Gasteiger partial charge in [-0.25, -0.2) is 4.79 Å². The van der Waals surface area contributed by atoms with E-state index in [0.717, 1.165) is 32.5 Å². The third-order valence-corrected chi connectivity index (χ3v) is 4.76. The molecule has 23 heavy (non-hydrogen) atoms. The average Bonchev–Trinajstić information content (AvgIpc) is 3.05. The summed E-state index contributed by atoms with van der Waals surface area (Å²) in [6, 6.07) is 10.6. The van der Waals surface area contributed by atoms with Crippen LogP contribution in [0.2, 0.25) is 0 Å². The number of allylic oxidation sites excluding steroid dienone is 1. The maximum atomic E-state index is 12.0. The average molecular weight is 313 g/mol. The van der Waals surface area contributed by atoms with Gasteiger partial charge in [-0.3, -0.25) is 0 Å². The van der Waals surface area contributed by atoms with E-state index in [1.165, 1.54) is 36.9 Å². The van der Waals surface area contributed by atoms with Crippen LogP contribution in [0, 0.1) is 0 Å².